The molecule has 1 unspecified atom stereocenters. The van der Waals surface area contributed by atoms with E-state index in [0.29, 0.717) is 0 Å². The summed E-state index contributed by atoms with van der Waals surface area (Å²) in [5.74, 6) is -1.87. The molecule has 3 aromatic rings. The van der Waals surface area contributed by atoms with Gasteiger partial charge >= 0.3 is 5.97 Å². The van der Waals surface area contributed by atoms with Crippen molar-refractivity contribution in [2.24, 2.45) is 0 Å². The van der Waals surface area contributed by atoms with Gasteiger partial charge < -0.3 is 20.4 Å². The number of esters is 1. The maximum Gasteiger partial charge on any atom is 0.328 e. The standard InChI is InChI=1S/C22H22N4O6/c1-13(24-21(28)14-6-5-7-16(10-14)26(30)31)20(27)25-19(22(29)32-2)11-15-12-23-18-9-4-3-8-17(15)18/h3-10,12-13,19,23H,11H2,1-2H3,(H,24,28)(H,25,27)/t13?,19-/m1/s1. The topological polar surface area (TPSA) is 143 Å². The van der Waals surface area contributed by atoms with Gasteiger partial charge in [-0.1, -0.05) is 24.3 Å². The smallest absolute Gasteiger partial charge is 0.328 e. The molecule has 1 aromatic heterocycles. The number of amides is 2. The number of nitro groups is 1. The number of aromatic amines is 1. The van der Waals surface area contributed by atoms with E-state index in [1.807, 2.05) is 24.3 Å². The Morgan fingerprint density at radius 1 is 1.12 bits per heavy atom. The molecule has 0 saturated heterocycles. The van der Waals surface area contributed by atoms with Crippen LogP contribution >= 0.6 is 0 Å². The van der Waals surface area contributed by atoms with E-state index in [-0.39, 0.29) is 17.7 Å². The van der Waals surface area contributed by atoms with E-state index in [1.54, 1.807) is 6.20 Å². The number of fused-ring (bicyclic) bond motifs is 1. The van der Waals surface area contributed by atoms with E-state index >= 15 is 0 Å². The third kappa shape index (κ3) is 5.09. The fraction of sp³-hybridized carbons (Fsp3) is 0.227. The van der Waals surface area contributed by atoms with Gasteiger partial charge in [0.1, 0.15) is 12.1 Å². The van der Waals surface area contributed by atoms with Crippen molar-refractivity contribution in [3.63, 3.8) is 0 Å². The summed E-state index contributed by atoms with van der Waals surface area (Å²) in [6.45, 7) is 1.45. The average Bonchev–Trinajstić information content (AvgIpc) is 3.20. The summed E-state index contributed by atoms with van der Waals surface area (Å²) in [6.07, 6.45) is 1.95. The quantitative estimate of drug-likeness (QED) is 0.279. The molecule has 1 heterocycles. The van der Waals surface area contributed by atoms with Gasteiger partial charge in [0.2, 0.25) is 5.91 Å². The van der Waals surface area contributed by atoms with Gasteiger partial charge in [-0.15, -0.1) is 0 Å². The van der Waals surface area contributed by atoms with Gasteiger partial charge in [0.15, 0.2) is 0 Å². The molecule has 0 aliphatic carbocycles. The highest BCUT2D eigenvalue weighted by Gasteiger charge is 2.26. The van der Waals surface area contributed by atoms with Crippen molar-refractivity contribution in [3.8, 4) is 0 Å². The van der Waals surface area contributed by atoms with Crippen LogP contribution in [0.5, 0.6) is 0 Å². The minimum Gasteiger partial charge on any atom is -0.467 e. The number of hydrogen-bond donors (Lipinski definition) is 3. The van der Waals surface area contributed by atoms with Crippen LogP contribution in [0.3, 0.4) is 0 Å². The van der Waals surface area contributed by atoms with Crippen molar-refractivity contribution in [1.82, 2.24) is 15.6 Å². The Hall–Kier alpha value is -4.21. The molecule has 32 heavy (non-hydrogen) atoms. The molecule has 0 bridgehead atoms. The van der Waals surface area contributed by atoms with Crippen LogP contribution in [0.1, 0.15) is 22.8 Å². The third-order valence-corrected chi connectivity index (χ3v) is 4.96. The minimum atomic E-state index is -1.00. The summed E-state index contributed by atoms with van der Waals surface area (Å²) in [7, 11) is 1.23. The molecule has 3 N–H and O–H groups in total. The van der Waals surface area contributed by atoms with Crippen LogP contribution in [-0.4, -0.2) is 46.9 Å². The van der Waals surface area contributed by atoms with Crippen molar-refractivity contribution in [2.75, 3.05) is 7.11 Å². The molecule has 2 aromatic carbocycles. The molecule has 0 saturated carbocycles. The van der Waals surface area contributed by atoms with Gasteiger partial charge in [0, 0.05) is 41.2 Å². The molecule has 0 radical (unpaired) electrons. The Balaban J connectivity index is 1.69. The number of H-pyrrole nitrogens is 1. The molecule has 0 fully saturated rings. The van der Waals surface area contributed by atoms with Crippen LogP contribution in [0.15, 0.2) is 54.7 Å². The number of non-ortho nitro benzene ring substituents is 1. The lowest BCUT2D eigenvalue weighted by atomic mass is 10.0. The lowest BCUT2D eigenvalue weighted by Crippen LogP contribution is -2.51. The number of aromatic nitrogens is 1. The number of carbonyl (C=O) groups excluding carboxylic acids is 3. The van der Waals surface area contributed by atoms with Gasteiger partial charge in [-0.2, -0.15) is 0 Å². The Bertz CT molecular complexity index is 1170. The largest absolute Gasteiger partial charge is 0.467 e. The number of nitrogens with one attached hydrogen (secondary N) is 3. The monoisotopic (exact) mass is 438 g/mol. The van der Waals surface area contributed by atoms with Gasteiger partial charge in [-0.05, 0) is 24.6 Å². The second-order valence-corrected chi connectivity index (χ2v) is 7.15. The highest BCUT2D eigenvalue weighted by Crippen LogP contribution is 2.19. The van der Waals surface area contributed by atoms with Crippen molar-refractivity contribution < 1.29 is 24.0 Å². The highest BCUT2D eigenvalue weighted by molar-refractivity contribution is 5.98. The molecular weight excluding hydrogens is 416 g/mol. The van der Waals surface area contributed by atoms with Gasteiger partial charge in [0.25, 0.3) is 11.6 Å². The fourth-order valence-corrected chi connectivity index (χ4v) is 3.26. The molecular formula is C22H22N4O6. The predicted molar refractivity (Wildman–Crippen MR) is 116 cm³/mol. The Kier molecular flexibility index (Phi) is 6.83. The van der Waals surface area contributed by atoms with Crippen molar-refractivity contribution in [3.05, 3.63) is 76.0 Å². The highest BCUT2D eigenvalue weighted by atomic mass is 16.6. The zero-order valence-electron chi connectivity index (χ0n) is 17.5. The number of benzene rings is 2. The SMILES string of the molecule is COC(=O)[C@@H](Cc1c[nH]c2ccccc12)NC(=O)C(C)NC(=O)c1cccc([N+](=O)[O-])c1. The Morgan fingerprint density at radius 3 is 2.59 bits per heavy atom. The van der Waals surface area contributed by atoms with E-state index in [0.717, 1.165) is 22.5 Å². The molecule has 3 rings (SSSR count). The lowest BCUT2D eigenvalue weighted by molar-refractivity contribution is -0.384. The van der Waals surface area contributed by atoms with E-state index < -0.39 is 34.8 Å². The molecule has 2 amide bonds. The fourth-order valence-electron chi connectivity index (χ4n) is 3.26. The molecule has 0 aliphatic rings. The lowest BCUT2D eigenvalue weighted by Gasteiger charge is -2.20. The second-order valence-electron chi connectivity index (χ2n) is 7.15. The van der Waals surface area contributed by atoms with Crippen LogP contribution in [-0.2, 0) is 20.7 Å². The Morgan fingerprint density at radius 2 is 1.88 bits per heavy atom. The number of carbonyl (C=O) groups is 3. The summed E-state index contributed by atoms with van der Waals surface area (Å²) in [5, 5.41) is 16.9. The maximum atomic E-state index is 12.7. The molecule has 2 atom stereocenters. The van der Waals surface area contributed by atoms with E-state index in [4.69, 9.17) is 4.74 Å². The number of para-hydroxylation sites is 1. The van der Waals surface area contributed by atoms with Crippen LogP contribution in [0.2, 0.25) is 0 Å². The van der Waals surface area contributed by atoms with Crippen molar-refractivity contribution in [2.45, 2.75) is 25.4 Å². The van der Waals surface area contributed by atoms with E-state index in [1.165, 1.54) is 32.2 Å². The number of rotatable bonds is 8. The molecule has 10 nitrogen and oxygen atoms in total. The summed E-state index contributed by atoms with van der Waals surface area (Å²) in [5.41, 5.74) is 1.53. The van der Waals surface area contributed by atoms with E-state index in [2.05, 4.69) is 15.6 Å². The van der Waals surface area contributed by atoms with Crippen LogP contribution in [0, 0.1) is 10.1 Å². The second kappa shape index (κ2) is 9.73. The molecule has 0 spiro atoms. The molecule has 10 heteroatoms. The summed E-state index contributed by atoms with van der Waals surface area (Å²) in [4.78, 5) is 50.7. The van der Waals surface area contributed by atoms with Crippen molar-refractivity contribution in [1.29, 1.82) is 0 Å². The zero-order chi connectivity index (χ0) is 23.3. The summed E-state index contributed by atoms with van der Waals surface area (Å²) < 4.78 is 4.82. The average molecular weight is 438 g/mol. The number of nitrogens with zero attached hydrogens (tertiary/aromatic N) is 1. The first kappa shape index (κ1) is 22.5. The van der Waals surface area contributed by atoms with Crippen LogP contribution < -0.4 is 10.6 Å². The number of hydrogen-bond acceptors (Lipinski definition) is 6. The normalized spacial score (nSPS) is 12.6. The molecule has 166 valence electrons. The number of nitro benzene ring substituents is 1. The van der Waals surface area contributed by atoms with Gasteiger partial charge in [0.05, 0.1) is 12.0 Å². The minimum absolute atomic E-state index is 0.0437. The zero-order valence-corrected chi connectivity index (χ0v) is 17.5. The maximum absolute atomic E-state index is 12.7. The predicted octanol–water partition coefficient (Wildman–Crippen LogP) is 2.09. The first-order valence-electron chi connectivity index (χ1n) is 9.78. The first-order chi connectivity index (χ1) is 15.3. The van der Waals surface area contributed by atoms with Crippen LogP contribution in [0.25, 0.3) is 10.9 Å². The summed E-state index contributed by atoms with van der Waals surface area (Å²) in [6, 6.07) is 10.8. The van der Waals surface area contributed by atoms with Crippen LogP contribution in [0.4, 0.5) is 5.69 Å². The number of ether oxygens (including phenoxy) is 1. The third-order valence-electron chi connectivity index (χ3n) is 4.96. The first-order valence-corrected chi connectivity index (χ1v) is 9.78. The van der Waals surface area contributed by atoms with Gasteiger partial charge in [-0.25, -0.2) is 4.79 Å². The van der Waals surface area contributed by atoms with Crippen molar-refractivity contribution >= 4 is 34.4 Å². The van der Waals surface area contributed by atoms with E-state index in [9.17, 15) is 24.5 Å². The molecule has 0 aliphatic heterocycles. The number of methoxy groups -OCH3 is 1. The summed E-state index contributed by atoms with van der Waals surface area (Å²) >= 11 is 0. The van der Waals surface area contributed by atoms with Gasteiger partial charge in [-0.3, -0.25) is 19.7 Å². The Labute approximate surface area is 183 Å².